The van der Waals surface area contributed by atoms with E-state index in [1.165, 1.54) is 16.7 Å². The van der Waals surface area contributed by atoms with E-state index in [0.717, 1.165) is 5.56 Å². The monoisotopic (exact) mass is 427 g/mol. The molecule has 6 nitrogen and oxygen atoms in total. The van der Waals surface area contributed by atoms with Gasteiger partial charge in [0.15, 0.2) is 5.16 Å². The maximum Gasteiger partial charge on any atom is 0.262 e. The number of carbonyl (C=O) groups excluding carboxylic acids is 2. The zero-order chi connectivity index (χ0) is 21.4. The van der Waals surface area contributed by atoms with Gasteiger partial charge in [-0.05, 0) is 29.8 Å². The van der Waals surface area contributed by atoms with E-state index in [1.807, 2.05) is 42.5 Å². The first-order chi connectivity index (χ1) is 15.1. The lowest BCUT2D eigenvalue weighted by Gasteiger charge is -2.16. The van der Waals surface area contributed by atoms with Crippen molar-refractivity contribution in [1.29, 1.82) is 0 Å². The number of hydrogen-bond donors (Lipinski definition) is 0. The van der Waals surface area contributed by atoms with E-state index >= 15 is 0 Å². The molecule has 5 rings (SSSR count). The Morgan fingerprint density at radius 3 is 2.06 bits per heavy atom. The molecule has 4 aromatic rings. The number of imide groups is 1. The molecule has 2 amide bonds. The number of carbonyl (C=O) groups is 2. The van der Waals surface area contributed by atoms with E-state index in [-0.39, 0.29) is 23.3 Å². The van der Waals surface area contributed by atoms with Crippen molar-refractivity contribution in [3.05, 3.63) is 106 Å². The van der Waals surface area contributed by atoms with Crippen molar-refractivity contribution in [3.8, 4) is 0 Å². The van der Waals surface area contributed by atoms with E-state index in [4.69, 9.17) is 0 Å². The van der Waals surface area contributed by atoms with Crippen LogP contribution in [0.1, 0.15) is 26.3 Å². The predicted octanol–water partition coefficient (Wildman–Crippen LogP) is 3.79. The Labute approximate surface area is 182 Å². The topological polar surface area (TPSA) is 72.3 Å². The highest BCUT2D eigenvalue weighted by atomic mass is 32.2. The fourth-order valence-electron chi connectivity index (χ4n) is 3.64. The molecular formula is C24H17N3O3S. The van der Waals surface area contributed by atoms with Gasteiger partial charge in [-0.3, -0.25) is 23.9 Å². The van der Waals surface area contributed by atoms with Crippen molar-refractivity contribution >= 4 is 34.5 Å². The lowest BCUT2D eigenvalue weighted by molar-refractivity contribution is 0.0684. The summed E-state index contributed by atoms with van der Waals surface area (Å²) in [6, 6.07) is 23.6. The first-order valence-corrected chi connectivity index (χ1v) is 10.7. The molecule has 1 aliphatic rings. The predicted molar refractivity (Wildman–Crippen MR) is 119 cm³/mol. The summed E-state index contributed by atoms with van der Waals surface area (Å²) in [5, 5.41) is 0.993. The number of benzene rings is 3. The molecule has 152 valence electrons. The van der Waals surface area contributed by atoms with Gasteiger partial charge in [0.25, 0.3) is 17.4 Å². The molecular weight excluding hydrogens is 410 g/mol. The van der Waals surface area contributed by atoms with Crippen LogP contribution >= 0.6 is 11.8 Å². The van der Waals surface area contributed by atoms with Crippen LogP contribution in [-0.2, 0) is 6.54 Å². The molecule has 7 heteroatoms. The standard InChI is InChI=1S/C24H17N3O3S/c28-21-17-10-4-5-11-18(17)22(29)27(21)15-31-24-25-20-13-7-6-12-19(20)23(30)26(24)14-16-8-2-1-3-9-16/h1-13H,14-15H2. The summed E-state index contributed by atoms with van der Waals surface area (Å²) < 4.78 is 1.60. The van der Waals surface area contributed by atoms with Crippen molar-refractivity contribution in [2.75, 3.05) is 5.88 Å². The van der Waals surface area contributed by atoms with Gasteiger partial charge in [-0.15, -0.1) is 0 Å². The van der Waals surface area contributed by atoms with Gasteiger partial charge in [-0.25, -0.2) is 4.98 Å². The summed E-state index contributed by atoms with van der Waals surface area (Å²) in [5.74, 6) is -0.581. The van der Waals surface area contributed by atoms with Gasteiger partial charge >= 0.3 is 0 Å². The molecule has 0 aliphatic carbocycles. The van der Waals surface area contributed by atoms with Gasteiger partial charge in [-0.2, -0.15) is 0 Å². The van der Waals surface area contributed by atoms with E-state index in [0.29, 0.717) is 33.7 Å². The highest BCUT2D eigenvalue weighted by Gasteiger charge is 2.35. The Morgan fingerprint density at radius 2 is 1.35 bits per heavy atom. The van der Waals surface area contributed by atoms with Crippen molar-refractivity contribution in [1.82, 2.24) is 14.5 Å². The van der Waals surface area contributed by atoms with Crippen molar-refractivity contribution in [2.24, 2.45) is 0 Å². The highest BCUT2D eigenvalue weighted by Crippen LogP contribution is 2.27. The maximum atomic E-state index is 13.2. The number of fused-ring (bicyclic) bond motifs is 2. The Balaban J connectivity index is 1.51. The number of aromatic nitrogens is 2. The fraction of sp³-hybridized carbons (Fsp3) is 0.0833. The SMILES string of the molecule is O=C1c2ccccc2C(=O)N1CSc1nc2ccccc2c(=O)n1Cc1ccccc1. The summed E-state index contributed by atoms with van der Waals surface area (Å²) >= 11 is 1.21. The van der Waals surface area contributed by atoms with Gasteiger partial charge in [-0.1, -0.05) is 66.4 Å². The minimum atomic E-state index is -0.328. The second-order valence-corrected chi connectivity index (χ2v) is 8.06. The van der Waals surface area contributed by atoms with Crippen LogP contribution in [0.2, 0.25) is 0 Å². The van der Waals surface area contributed by atoms with Crippen LogP contribution in [0, 0.1) is 0 Å². The van der Waals surface area contributed by atoms with E-state index < -0.39 is 0 Å². The molecule has 0 atom stereocenters. The largest absolute Gasteiger partial charge is 0.283 e. The molecule has 0 saturated carbocycles. The summed E-state index contributed by atoms with van der Waals surface area (Å²) in [7, 11) is 0. The van der Waals surface area contributed by atoms with Gasteiger partial charge in [0.05, 0.1) is 34.5 Å². The smallest absolute Gasteiger partial charge is 0.262 e. The quantitative estimate of drug-likeness (QED) is 0.275. The molecule has 0 radical (unpaired) electrons. The third-order valence-electron chi connectivity index (χ3n) is 5.21. The van der Waals surface area contributed by atoms with Gasteiger partial charge in [0.1, 0.15) is 0 Å². The molecule has 0 bridgehead atoms. The molecule has 1 aliphatic heterocycles. The summed E-state index contributed by atoms with van der Waals surface area (Å²) in [4.78, 5) is 44.5. The number of nitrogens with zero attached hydrogens (tertiary/aromatic N) is 3. The first-order valence-electron chi connectivity index (χ1n) is 9.75. The second-order valence-electron chi connectivity index (χ2n) is 7.15. The number of rotatable bonds is 5. The highest BCUT2D eigenvalue weighted by molar-refractivity contribution is 7.99. The Kier molecular flexibility index (Phi) is 4.88. The van der Waals surface area contributed by atoms with Crippen molar-refractivity contribution < 1.29 is 9.59 Å². The fourth-order valence-corrected chi connectivity index (χ4v) is 4.59. The third-order valence-corrected chi connectivity index (χ3v) is 6.17. The lowest BCUT2D eigenvalue weighted by atomic mass is 10.1. The zero-order valence-corrected chi connectivity index (χ0v) is 17.2. The van der Waals surface area contributed by atoms with Crippen LogP contribution in [-0.4, -0.2) is 32.1 Å². The second kappa shape index (κ2) is 7.85. The summed E-state index contributed by atoms with van der Waals surface area (Å²) in [6.45, 7) is 0.349. The molecule has 0 saturated heterocycles. The van der Waals surface area contributed by atoms with Crippen LogP contribution in [0.5, 0.6) is 0 Å². The van der Waals surface area contributed by atoms with Gasteiger partial charge in [0, 0.05) is 0 Å². The molecule has 1 aromatic heterocycles. The van der Waals surface area contributed by atoms with E-state index in [2.05, 4.69) is 4.98 Å². The number of hydrogen-bond acceptors (Lipinski definition) is 5. The third kappa shape index (κ3) is 3.43. The van der Waals surface area contributed by atoms with Crippen LogP contribution in [0.25, 0.3) is 10.9 Å². The molecule has 0 spiro atoms. The normalized spacial score (nSPS) is 13.1. The lowest BCUT2D eigenvalue weighted by Crippen LogP contribution is -2.30. The van der Waals surface area contributed by atoms with E-state index in [9.17, 15) is 14.4 Å². The molecule has 31 heavy (non-hydrogen) atoms. The molecule has 0 N–H and O–H groups in total. The maximum absolute atomic E-state index is 13.2. The Bertz CT molecular complexity index is 1350. The zero-order valence-electron chi connectivity index (χ0n) is 16.4. The average Bonchev–Trinajstić information content (AvgIpc) is 3.05. The van der Waals surface area contributed by atoms with E-state index in [1.54, 1.807) is 41.0 Å². The summed E-state index contributed by atoms with van der Waals surface area (Å²) in [6.07, 6.45) is 0. The van der Waals surface area contributed by atoms with Crippen LogP contribution in [0.4, 0.5) is 0 Å². The average molecular weight is 427 g/mol. The minimum Gasteiger partial charge on any atom is -0.283 e. The van der Waals surface area contributed by atoms with Crippen LogP contribution < -0.4 is 5.56 Å². The van der Waals surface area contributed by atoms with Crippen LogP contribution in [0.3, 0.4) is 0 Å². The molecule has 3 aromatic carbocycles. The molecule has 0 unspecified atom stereocenters. The molecule has 2 heterocycles. The van der Waals surface area contributed by atoms with Crippen molar-refractivity contribution in [2.45, 2.75) is 11.7 Å². The molecule has 0 fully saturated rings. The van der Waals surface area contributed by atoms with Crippen molar-refractivity contribution in [3.63, 3.8) is 0 Å². The van der Waals surface area contributed by atoms with Crippen LogP contribution in [0.15, 0.2) is 88.8 Å². The first kappa shape index (κ1) is 19.3. The van der Waals surface area contributed by atoms with Gasteiger partial charge < -0.3 is 0 Å². The number of amides is 2. The number of para-hydroxylation sites is 1. The summed E-state index contributed by atoms with van der Waals surface area (Å²) in [5.41, 5.74) is 2.20. The van der Waals surface area contributed by atoms with Gasteiger partial charge in [0.2, 0.25) is 0 Å². The Morgan fingerprint density at radius 1 is 0.742 bits per heavy atom. The minimum absolute atomic E-state index is 0.0753. The number of thioether (sulfide) groups is 1. The Hall–Kier alpha value is -3.71.